The minimum absolute atomic E-state index is 0.0374. The van der Waals surface area contributed by atoms with Gasteiger partial charge < -0.3 is 18.9 Å². The zero-order valence-electron chi connectivity index (χ0n) is 16.4. The van der Waals surface area contributed by atoms with Crippen molar-refractivity contribution in [2.45, 2.75) is 59.7 Å². The van der Waals surface area contributed by atoms with E-state index in [0.717, 1.165) is 11.8 Å². The summed E-state index contributed by atoms with van der Waals surface area (Å²) in [5.74, 6) is -0.495. The average molecular weight is 425 g/mol. The fourth-order valence-electron chi connectivity index (χ4n) is 1.78. The molecule has 2 atom stereocenters. The first-order valence-electron chi connectivity index (χ1n) is 8.66. The second-order valence-electron chi connectivity index (χ2n) is 6.88. The van der Waals surface area contributed by atoms with Gasteiger partial charge in [0.1, 0.15) is 11.0 Å². The van der Waals surface area contributed by atoms with E-state index >= 15 is 0 Å². The Balaban J connectivity index is 4.84. The molecule has 0 heterocycles. The lowest BCUT2D eigenvalue weighted by atomic mass is 9.92. The molecule has 7 heteroatoms. The van der Waals surface area contributed by atoms with E-state index in [2.05, 4.69) is 15.9 Å². The number of ketones is 1. The van der Waals surface area contributed by atoms with Crippen LogP contribution in [0.5, 0.6) is 0 Å². The van der Waals surface area contributed by atoms with Crippen molar-refractivity contribution in [1.29, 1.82) is 0 Å². The monoisotopic (exact) mass is 424 g/mol. The number of rotatable bonds is 14. The number of carbonyl (C=O) groups excluding carboxylic acids is 2. The Morgan fingerprint density at radius 3 is 2.32 bits per heavy atom. The van der Waals surface area contributed by atoms with Crippen LogP contribution in [-0.4, -0.2) is 61.8 Å². The van der Waals surface area contributed by atoms with Crippen molar-refractivity contribution in [3.05, 3.63) is 0 Å². The fourth-order valence-corrected chi connectivity index (χ4v) is 2.01. The topological polar surface area (TPSA) is 71.1 Å². The molecule has 2 unspecified atom stereocenters. The van der Waals surface area contributed by atoms with Crippen LogP contribution in [0.2, 0.25) is 0 Å². The highest BCUT2D eigenvalue weighted by Crippen LogP contribution is 2.24. The molecular weight excluding hydrogens is 392 g/mol. The van der Waals surface area contributed by atoms with E-state index in [1.807, 2.05) is 13.8 Å². The van der Waals surface area contributed by atoms with Gasteiger partial charge >= 0.3 is 5.97 Å². The number of hydrogen-bond donors (Lipinski definition) is 0. The quantitative estimate of drug-likeness (QED) is 0.242. The first-order chi connectivity index (χ1) is 11.6. The van der Waals surface area contributed by atoms with Gasteiger partial charge in [-0.25, -0.2) is 0 Å². The van der Waals surface area contributed by atoms with Crippen molar-refractivity contribution in [1.82, 2.24) is 0 Å². The highest BCUT2D eigenvalue weighted by Gasteiger charge is 2.39. The Bertz CT molecular complexity index is 412. The molecule has 0 saturated heterocycles. The molecule has 0 aromatic rings. The summed E-state index contributed by atoms with van der Waals surface area (Å²) in [4.78, 5) is 24.2. The van der Waals surface area contributed by atoms with Crippen molar-refractivity contribution in [2.75, 3.05) is 38.4 Å². The normalized spacial score (nSPS) is 15.5. The van der Waals surface area contributed by atoms with E-state index < -0.39 is 17.0 Å². The van der Waals surface area contributed by atoms with Crippen LogP contribution in [0, 0.1) is 5.41 Å². The molecule has 0 amide bonds. The number of ether oxygens (including phenoxy) is 4. The van der Waals surface area contributed by atoms with Crippen molar-refractivity contribution < 1.29 is 28.5 Å². The van der Waals surface area contributed by atoms with E-state index in [0.29, 0.717) is 19.8 Å². The summed E-state index contributed by atoms with van der Waals surface area (Å²) >= 11 is 3.30. The maximum absolute atomic E-state index is 12.5. The molecule has 0 N–H and O–H groups in total. The van der Waals surface area contributed by atoms with Crippen LogP contribution in [-0.2, 0) is 28.5 Å². The molecule has 25 heavy (non-hydrogen) atoms. The second kappa shape index (κ2) is 12.0. The summed E-state index contributed by atoms with van der Waals surface area (Å²) in [5.41, 5.74) is -1.96. The van der Waals surface area contributed by atoms with E-state index in [1.165, 1.54) is 6.92 Å². The number of esters is 1. The summed E-state index contributed by atoms with van der Waals surface area (Å²) in [6.07, 6.45) is 0.664. The Kier molecular flexibility index (Phi) is 11.8. The molecule has 0 aliphatic carbocycles. The lowest BCUT2D eigenvalue weighted by Gasteiger charge is -2.31. The van der Waals surface area contributed by atoms with Crippen LogP contribution in [0.4, 0.5) is 0 Å². The molecule has 0 aromatic heterocycles. The van der Waals surface area contributed by atoms with Gasteiger partial charge in [0.05, 0.1) is 32.5 Å². The standard InChI is InChI=1S/C18H33BrO6/c1-7-23-14(2)11-22-12-18(6,16(21)24-10-8-9-19)13-25-17(4,5)15(3)20/h14H,7-13H2,1-6H3. The van der Waals surface area contributed by atoms with Gasteiger partial charge in [-0.05, 0) is 48.0 Å². The second-order valence-corrected chi connectivity index (χ2v) is 7.67. The van der Waals surface area contributed by atoms with Crippen molar-refractivity contribution in [3.8, 4) is 0 Å². The highest BCUT2D eigenvalue weighted by molar-refractivity contribution is 9.09. The van der Waals surface area contributed by atoms with Crippen LogP contribution in [0.15, 0.2) is 0 Å². The molecule has 0 saturated carbocycles. The van der Waals surface area contributed by atoms with Gasteiger partial charge in [-0.1, -0.05) is 15.9 Å². The number of hydrogen-bond acceptors (Lipinski definition) is 6. The van der Waals surface area contributed by atoms with Crippen LogP contribution in [0.25, 0.3) is 0 Å². The molecule has 0 aliphatic rings. The highest BCUT2D eigenvalue weighted by atomic mass is 79.9. The predicted octanol–water partition coefficient (Wildman–Crippen LogP) is 3.15. The SMILES string of the molecule is CCOC(C)COCC(C)(COC(C)(C)C(C)=O)C(=O)OCCCBr. The summed E-state index contributed by atoms with van der Waals surface area (Å²) in [7, 11) is 0. The zero-order valence-corrected chi connectivity index (χ0v) is 17.9. The van der Waals surface area contributed by atoms with E-state index in [1.54, 1.807) is 20.8 Å². The molecule has 0 aromatic carbocycles. The van der Waals surface area contributed by atoms with Gasteiger partial charge in [-0.15, -0.1) is 0 Å². The largest absolute Gasteiger partial charge is 0.465 e. The number of carbonyl (C=O) groups is 2. The van der Waals surface area contributed by atoms with E-state index in [4.69, 9.17) is 18.9 Å². The van der Waals surface area contributed by atoms with Crippen molar-refractivity contribution in [3.63, 3.8) is 0 Å². The Morgan fingerprint density at radius 1 is 1.16 bits per heavy atom. The Morgan fingerprint density at radius 2 is 1.80 bits per heavy atom. The Labute approximate surface area is 160 Å². The van der Waals surface area contributed by atoms with Gasteiger partial charge in [-0.3, -0.25) is 9.59 Å². The molecule has 0 fully saturated rings. The summed E-state index contributed by atoms with van der Waals surface area (Å²) < 4.78 is 22.1. The molecule has 148 valence electrons. The lowest BCUT2D eigenvalue weighted by Crippen LogP contribution is -2.44. The van der Waals surface area contributed by atoms with Crippen LogP contribution >= 0.6 is 15.9 Å². The fraction of sp³-hybridized carbons (Fsp3) is 0.889. The van der Waals surface area contributed by atoms with E-state index in [9.17, 15) is 9.59 Å². The molecule has 0 rings (SSSR count). The smallest absolute Gasteiger partial charge is 0.316 e. The van der Waals surface area contributed by atoms with Gasteiger partial charge in [0.2, 0.25) is 0 Å². The maximum atomic E-state index is 12.5. The average Bonchev–Trinajstić information content (AvgIpc) is 2.53. The van der Waals surface area contributed by atoms with Crippen LogP contribution < -0.4 is 0 Å². The van der Waals surface area contributed by atoms with Gasteiger partial charge in [-0.2, -0.15) is 0 Å². The number of alkyl halides is 1. The third-order valence-corrected chi connectivity index (χ3v) is 4.39. The molecule has 0 aliphatic heterocycles. The molecule has 6 nitrogen and oxygen atoms in total. The Hall–Kier alpha value is -0.500. The minimum atomic E-state index is -0.995. The van der Waals surface area contributed by atoms with Gasteiger partial charge in [0.25, 0.3) is 0 Å². The third kappa shape index (κ3) is 9.68. The maximum Gasteiger partial charge on any atom is 0.316 e. The predicted molar refractivity (Wildman–Crippen MR) is 100 cm³/mol. The molecule has 0 bridgehead atoms. The zero-order chi connectivity index (χ0) is 19.5. The lowest BCUT2D eigenvalue weighted by molar-refractivity contribution is -0.172. The summed E-state index contributed by atoms with van der Waals surface area (Å²) in [5, 5.41) is 0.757. The van der Waals surface area contributed by atoms with Gasteiger partial charge in [0, 0.05) is 11.9 Å². The molecule has 0 radical (unpaired) electrons. The number of Topliss-reactive ketones (excluding diaryl/α,β-unsaturated/α-hetero) is 1. The number of halogens is 1. The van der Waals surface area contributed by atoms with Crippen molar-refractivity contribution in [2.24, 2.45) is 5.41 Å². The van der Waals surface area contributed by atoms with Gasteiger partial charge in [0.15, 0.2) is 5.78 Å². The first-order valence-corrected chi connectivity index (χ1v) is 9.78. The van der Waals surface area contributed by atoms with E-state index in [-0.39, 0.29) is 25.1 Å². The summed E-state index contributed by atoms with van der Waals surface area (Å²) in [6.45, 7) is 11.8. The van der Waals surface area contributed by atoms with Crippen LogP contribution in [0.3, 0.4) is 0 Å². The summed E-state index contributed by atoms with van der Waals surface area (Å²) in [6, 6.07) is 0. The van der Waals surface area contributed by atoms with Crippen molar-refractivity contribution >= 4 is 27.7 Å². The molecular formula is C18H33BrO6. The van der Waals surface area contributed by atoms with Crippen LogP contribution in [0.1, 0.15) is 48.0 Å². The third-order valence-electron chi connectivity index (χ3n) is 3.83. The minimum Gasteiger partial charge on any atom is -0.465 e. The molecule has 0 spiro atoms. The first kappa shape index (κ1) is 24.5.